The summed E-state index contributed by atoms with van der Waals surface area (Å²) >= 11 is 1.39. The van der Waals surface area contributed by atoms with Crippen LogP contribution in [-0.4, -0.2) is 23.5 Å². The molecule has 0 aliphatic rings. The Balaban J connectivity index is 2.03. The van der Waals surface area contributed by atoms with Gasteiger partial charge in [-0.25, -0.2) is 0 Å². The summed E-state index contributed by atoms with van der Waals surface area (Å²) in [4.78, 5) is 11.6. The maximum atomic E-state index is 11.6. The predicted octanol–water partition coefficient (Wildman–Crippen LogP) is 2.66. The second-order valence-electron chi connectivity index (χ2n) is 3.54. The molecule has 0 saturated carbocycles. The molecule has 4 nitrogen and oxygen atoms in total. The molecule has 2 aromatic rings. The Morgan fingerprint density at radius 1 is 1.53 bits per heavy atom. The number of ether oxygens (including phenoxy) is 1. The van der Waals surface area contributed by atoms with Crippen molar-refractivity contribution in [1.82, 2.24) is 4.37 Å². The number of nitrogens with one attached hydrogen (secondary N) is 1. The Morgan fingerprint density at radius 2 is 2.41 bits per heavy atom. The number of rotatable bonds is 5. The van der Waals surface area contributed by atoms with Crippen LogP contribution in [0.25, 0.3) is 10.1 Å². The molecule has 1 aromatic carbocycles. The van der Waals surface area contributed by atoms with Crippen molar-refractivity contribution >= 4 is 33.2 Å². The molecule has 1 N–H and O–H groups in total. The van der Waals surface area contributed by atoms with E-state index in [1.54, 1.807) is 6.20 Å². The van der Waals surface area contributed by atoms with Crippen LogP contribution in [0.1, 0.15) is 13.3 Å². The summed E-state index contributed by atoms with van der Waals surface area (Å²) in [7, 11) is 0. The normalized spacial score (nSPS) is 10.6. The summed E-state index contributed by atoms with van der Waals surface area (Å²) < 4.78 is 10.3. The van der Waals surface area contributed by atoms with Crippen molar-refractivity contribution in [2.45, 2.75) is 13.3 Å². The van der Waals surface area contributed by atoms with Crippen LogP contribution in [0.3, 0.4) is 0 Å². The third-order valence-corrected chi connectivity index (χ3v) is 3.18. The first-order valence-electron chi connectivity index (χ1n) is 5.52. The lowest BCUT2D eigenvalue weighted by molar-refractivity contribution is -0.117. The highest BCUT2D eigenvalue weighted by molar-refractivity contribution is 7.14. The SMILES string of the molecule is CCOCCC(=O)Nc1cccc2cnsc12. The van der Waals surface area contributed by atoms with Gasteiger partial charge in [-0.15, -0.1) is 0 Å². The van der Waals surface area contributed by atoms with Gasteiger partial charge in [0, 0.05) is 18.2 Å². The van der Waals surface area contributed by atoms with E-state index in [-0.39, 0.29) is 5.91 Å². The lowest BCUT2D eigenvalue weighted by Crippen LogP contribution is -2.14. The van der Waals surface area contributed by atoms with Gasteiger partial charge >= 0.3 is 0 Å². The van der Waals surface area contributed by atoms with E-state index in [2.05, 4.69) is 9.69 Å². The van der Waals surface area contributed by atoms with Gasteiger partial charge in [-0.2, -0.15) is 4.37 Å². The topological polar surface area (TPSA) is 51.2 Å². The van der Waals surface area contributed by atoms with E-state index in [9.17, 15) is 4.79 Å². The largest absolute Gasteiger partial charge is 0.381 e. The van der Waals surface area contributed by atoms with E-state index in [1.807, 2.05) is 25.1 Å². The van der Waals surface area contributed by atoms with Gasteiger partial charge in [-0.1, -0.05) is 12.1 Å². The van der Waals surface area contributed by atoms with E-state index in [1.165, 1.54) is 11.5 Å². The summed E-state index contributed by atoms with van der Waals surface area (Å²) in [5.41, 5.74) is 0.825. The minimum Gasteiger partial charge on any atom is -0.381 e. The van der Waals surface area contributed by atoms with Crippen LogP contribution in [0.15, 0.2) is 24.4 Å². The summed E-state index contributed by atoms with van der Waals surface area (Å²) in [6.45, 7) is 3.01. The number of carbonyl (C=O) groups is 1. The van der Waals surface area contributed by atoms with E-state index in [0.717, 1.165) is 15.8 Å². The van der Waals surface area contributed by atoms with Gasteiger partial charge in [0.05, 0.1) is 23.4 Å². The van der Waals surface area contributed by atoms with Gasteiger partial charge in [0.1, 0.15) is 0 Å². The quantitative estimate of drug-likeness (QED) is 0.830. The standard InChI is InChI=1S/C12H14N2O2S/c1-2-16-7-6-11(15)14-10-5-3-4-9-8-13-17-12(9)10/h3-5,8H,2,6-7H2,1H3,(H,14,15). The van der Waals surface area contributed by atoms with E-state index in [4.69, 9.17) is 4.74 Å². The van der Waals surface area contributed by atoms with Crippen LogP contribution < -0.4 is 5.32 Å². The first-order chi connectivity index (χ1) is 8.31. The molecule has 2 rings (SSSR count). The Morgan fingerprint density at radius 3 is 3.24 bits per heavy atom. The smallest absolute Gasteiger partial charge is 0.226 e. The molecular weight excluding hydrogens is 236 g/mol. The fourth-order valence-corrected chi connectivity index (χ4v) is 2.23. The molecule has 0 fully saturated rings. The summed E-state index contributed by atoms with van der Waals surface area (Å²) in [6, 6.07) is 5.78. The highest BCUT2D eigenvalue weighted by atomic mass is 32.1. The van der Waals surface area contributed by atoms with E-state index in [0.29, 0.717) is 19.6 Å². The van der Waals surface area contributed by atoms with Crippen LogP contribution in [0, 0.1) is 0 Å². The fraction of sp³-hybridized carbons (Fsp3) is 0.333. The van der Waals surface area contributed by atoms with E-state index >= 15 is 0 Å². The zero-order chi connectivity index (χ0) is 12.1. The first kappa shape index (κ1) is 12.0. The second-order valence-corrected chi connectivity index (χ2v) is 4.35. The van der Waals surface area contributed by atoms with Crippen molar-refractivity contribution in [1.29, 1.82) is 0 Å². The highest BCUT2D eigenvalue weighted by Crippen LogP contribution is 2.26. The van der Waals surface area contributed by atoms with Crippen molar-refractivity contribution in [3.05, 3.63) is 24.4 Å². The molecule has 0 unspecified atom stereocenters. The summed E-state index contributed by atoms with van der Waals surface area (Å²) in [5, 5.41) is 3.93. The van der Waals surface area contributed by atoms with Crippen LogP contribution in [-0.2, 0) is 9.53 Å². The fourth-order valence-electron chi connectivity index (χ4n) is 1.51. The predicted molar refractivity (Wildman–Crippen MR) is 69.4 cm³/mol. The van der Waals surface area contributed by atoms with Gasteiger partial charge in [0.2, 0.25) is 5.91 Å². The lowest BCUT2D eigenvalue weighted by Gasteiger charge is -2.05. The molecule has 0 radical (unpaired) electrons. The highest BCUT2D eigenvalue weighted by Gasteiger charge is 2.06. The number of aromatic nitrogens is 1. The van der Waals surface area contributed by atoms with Crippen molar-refractivity contribution < 1.29 is 9.53 Å². The van der Waals surface area contributed by atoms with Crippen molar-refractivity contribution in [2.75, 3.05) is 18.5 Å². The summed E-state index contributed by atoms with van der Waals surface area (Å²) in [5.74, 6) is -0.0284. The van der Waals surface area contributed by atoms with Crippen LogP contribution in [0.4, 0.5) is 5.69 Å². The second kappa shape index (κ2) is 5.75. The van der Waals surface area contributed by atoms with Crippen molar-refractivity contribution in [3.8, 4) is 0 Å². The Bertz CT molecular complexity index is 510. The first-order valence-corrected chi connectivity index (χ1v) is 6.29. The molecule has 0 saturated heterocycles. The van der Waals surface area contributed by atoms with Gasteiger partial charge in [0.25, 0.3) is 0 Å². The third-order valence-electron chi connectivity index (χ3n) is 2.33. The molecule has 0 aliphatic heterocycles. The molecule has 0 atom stereocenters. The number of carbonyl (C=O) groups excluding carboxylic acids is 1. The number of hydrogen-bond acceptors (Lipinski definition) is 4. The van der Waals surface area contributed by atoms with Crippen molar-refractivity contribution in [3.63, 3.8) is 0 Å². The minimum atomic E-state index is -0.0284. The van der Waals surface area contributed by atoms with Crippen molar-refractivity contribution in [2.24, 2.45) is 0 Å². The maximum absolute atomic E-state index is 11.6. The molecule has 17 heavy (non-hydrogen) atoms. The number of hydrogen-bond donors (Lipinski definition) is 1. The average molecular weight is 250 g/mol. The molecule has 5 heteroatoms. The van der Waals surface area contributed by atoms with Crippen LogP contribution in [0.2, 0.25) is 0 Å². The molecule has 0 bridgehead atoms. The average Bonchev–Trinajstić information content (AvgIpc) is 2.78. The zero-order valence-electron chi connectivity index (χ0n) is 9.60. The number of nitrogens with zero attached hydrogens (tertiary/aromatic N) is 1. The van der Waals surface area contributed by atoms with Crippen LogP contribution >= 0.6 is 11.5 Å². The number of fused-ring (bicyclic) bond motifs is 1. The van der Waals surface area contributed by atoms with Gasteiger partial charge in [0.15, 0.2) is 0 Å². The number of benzene rings is 1. The monoisotopic (exact) mass is 250 g/mol. The molecule has 1 heterocycles. The Kier molecular flexibility index (Phi) is 4.06. The maximum Gasteiger partial charge on any atom is 0.226 e. The van der Waals surface area contributed by atoms with Gasteiger partial charge < -0.3 is 10.1 Å². The third kappa shape index (κ3) is 3.01. The Hall–Kier alpha value is -1.46. The molecular formula is C12H14N2O2S. The lowest BCUT2D eigenvalue weighted by atomic mass is 10.2. The zero-order valence-corrected chi connectivity index (χ0v) is 10.4. The minimum absolute atomic E-state index is 0.0284. The van der Waals surface area contributed by atoms with E-state index < -0.39 is 0 Å². The summed E-state index contributed by atoms with van der Waals surface area (Å²) in [6.07, 6.45) is 2.18. The molecule has 90 valence electrons. The number of anilines is 1. The van der Waals surface area contributed by atoms with Gasteiger partial charge in [-0.3, -0.25) is 4.79 Å². The Labute approximate surface area is 104 Å². The number of amides is 1. The molecule has 1 amide bonds. The van der Waals surface area contributed by atoms with Gasteiger partial charge in [-0.05, 0) is 24.5 Å². The van der Waals surface area contributed by atoms with Crippen LogP contribution in [0.5, 0.6) is 0 Å². The molecule has 1 aromatic heterocycles. The molecule has 0 aliphatic carbocycles. The molecule has 0 spiro atoms.